The van der Waals surface area contributed by atoms with E-state index in [1.807, 2.05) is 30.3 Å². The second-order valence-corrected chi connectivity index (χ2v) is 7.65. The van der Waals surface area contributed by atoms with Crippen molar-refractivity contribution in [3.8, 4) is 16.2 Å². The number of phenolic OH excluding ortho intramolecular Hbond substituents is 1. The molecule has 0 atom stereocenters. The molecule has 1 saturated heterocycles. The van der Waals surface area contributed by atoms with Crippen LogP contribution in [0.5, 0.6) is 5.75 Å². The molecule has 2 aromatic carbocycles. The summed E-state index contributed by atoms with van der Waals surface area (Å²) in [6.45, 7) is 1.66. The molecular weight excluding hydrogens is 388 g/mol. The molecule has 3 amide bonds. The summed E-state index contributed by atoms with van der Waals surface area (Å²) in [6, 6.07) is 16.1. The van der Waals surface area contributed by atoms with Crippen LogP contribution in [0.25, 0.3) is 10.4 Å². The SMILES string of the molecule is O=C(Nc1ncc(-c2ccccc2)s1)N1CCN(C(=O)c2ccccc2O)CC1. The van der Waals surface area contributed by atoms with Gasteiger partial charge in [0.15, 0.2) is 5.13 Å². The molecule has 4 rings (SSSR count). The second kappa shape index (κ2) is 8.32. The first kappa shape index (κ1) is 18.9. The Hall–Kier alpha value is -3.39. The van der Waals surface area contributed by atoms with Gasteiger partial charge in [0.1, 0.15) is 5.75 Å². The number of nitrogens with one attached hydrogen (secondary N) is 1. The van der Waals surface area contributed by atoms with Gasteiger partial charge in [-0.25, -0.2) is 9.78 Å². The van der Waals surface area contributed by atoms with Crippen molar-refractivity contribution in [1.29, 1.82) is 0 Å². The maximum absolute atomic E-state index is 12.6. The van der Waals surface area contributed by atoms with Crippen molar-refractivity contribution < 1.29 is 14.7 Å². The zero-order chi connectivity index (χ0) is 20.2. The Morgan fingerprint density at radius 2 is 1.59 bits per heavy atom. The van der Waals surface area contributed by atoms with E-state index >= 15 is 0 Å². The minimum absolute atomic E-state index is 0.0318. The van der Waals surface area contributed by atoms with Gasteiger partial charge < -0.3 is 14.9 Å². The average Bonchev–Trinajstić information content (AvgIpc) is 3.23. The number of carbonyl (C=O) groups excluding carboxylic acids is 2. The van der Waals surface area contributed by atoms with Gasteiger partial charge in [-0.1, -0.05) is 53.8 Å². The molecule has 0 unspecified atom stereocenters. The van der Waals surface area contributed by atoms with Gasteiger partial charge in [0.2, 0.25) is 0 Å². The summed E-state index contributed by atoms with van der Waals surface area (Å²) in [5, 5.41) is 13.3. The molecule has 0 aliphatic carbocycles. The van der Waals surface area contributed by atoms with Crippen molar-refractivity contribution in [2.24, 2.45) is 0 Å². The molecule has 1 aliphatic heterocycles. The van der Waals surface area contributed by atoms with Crippen LogP contribution in [0.15, 0.2) is 60.8 Å². The molecular formula is C21H20N4O3S. The lowest BCUT2D eigenvalue weighted by atomic mass is 10.1. The van der Waals surface area contributed by atoms with E-state index in [9.17, 15) is 14.7 Å². The minimum atomic E-state index is -0.228. The fraction of sp³-hybridized carbons (Fsp3) is 0.190. The van der Waals surface area contributed by atoms with Crippen LogP contribution < -0.4 is 5.32 Å². The van der Waals surface area contributed by atoms with E-state index in [0.717, 1.165) is 10.4 Å². The maximum atomic E-state index is 12.6. The molecule has 7 nitrogen and oxygen atoms in total. The van der Waals surface area contributed by atoms with Crippen LogP contribution >= 0.6 is 11.3 Å². The molecule has 1 aliphatic rings. The standard InChI is InChI=1S/C21H20N4O3S/c26-17-9-5-4-8-16(17)19(27)24-10-12-25(13-11-24)21(28)23-20-22-14-18(29-20)15-6-2-1-3-7-15/h1-9,14,26H,10-13H2,(H,22,23,28). The number of amides is 3. The van der Waals surface area contributed by atoms with Crippen LogP contribution in [-0.4, -0.2) is 58.0 Å². The van der Waals surface area contributed by atoms with Crippen molar-refractivity contribution in [2.75, 3.05) is 31.5 Å². The highest BCUT2D eigenvalue weighted by molar-refractivity contribution is 7.19. The molecule has 0 spiro atoms. The largest absolute Gasteiger partial charge is 0.507 e. The number of nitrogens with zero attached hydrogens (tertiary/aromatic N) is 3. The summed E-state index contributed by atoms with van der Waals surface area (Å²) in [5.41, 5.74) is 1.34. The Balaban J connectivity index is 1.33. The summed E-state index contributed by atoms with van der Waals surface area (Å²) >= 11 is 1.42. The van der Waals surface area contributed by atoms with Gasteiger partial charge >= 0.3 is 6.03 Å². The number of rotatable bonds is 3. The van der Waals surface area contributed by atoms with Gasteiger partial charge in [-0.15, -0.1) is 0 Å². The highest BCUT2D eigenvalue weighted by atomic mass is 32.1. The van der Waals surface area contributed by atoms with E-state index in [2.05, 4.69) is 10.3 Å². The lowest BCUT2D eigenvalue weighted by Gasteiger charge is -2.34. The molecule has 148 valence electrons. The fourth-order valence-corrected chi connectivity index (χ4v) is 3.99. The number of anilines is 1. The molecule has 3 aromatic rings. The lowest BCUT2D eigenvalue weighted by molar-refractivity contribution is 0.0668. The van der Waals surface area contributed by atoms with Crippen LogP contribution in [0.1, 0.15) is 10.4 Å². The van der Waals surface area contributed by atoms with Crippen LogP contribution in [0.3, 0.4) is 0 Å². The third kappa shape index (κ3) is 4.22. The molecule has 2 heterocycles. The van der Waals surface area contributed by atoms with E-state index in [1.54, 1.807) is 34.2 Å². The predicted molar refractivity (Wildman–Crippen MR) is 112 cm³/mol. The van der Waals surface area contributed by atoms with Gasteiger partial charge in [-0.3, -0.25) is 10.1 Å². The Labute approximate surface area is 172 Å². The highest BCUT2D eigenvalue weighted by Crippen LogP contribution is 2.28. The quantitative estimate of drug-likeness (QED) is 0.695. The van der Waals surface area contributed by atoms with Crippen LogP contribution in [0, 0.1) is 0 Å². The number of carbonyl (C=O) groups is 2. The van der Waals surface area contributed by atoms with Crippen molar-refractivity contribution in [2.45, 2.75) is 0 Å². The van der Waals surface area contributed by atoms with Crippen molar-refractivity contribution in [1.82, 2.24) is 14.8 Å². The molecule has 2 N–H and O–H groups in total. The van der Waals surface area contributed by atoms with E-state index in [1.165, 1.54) is 17.4 Å². The van der Waals surface area contributed by atoms with Crippen LogP contribution in [0.2, 0.25) is 0 Å². The molecule has 0 radical (unpaired) electrons. The first-order chi connectivity index (χ1) is 14.1. The third-order valence-electron chi connectivity index (χ3n) is 4.77. The van der Waals surface area contributed by atoms with Gasteiger partial charge in [-0.2, -0.15) is 0 Å². The lowest BCUT2D eigenvalue weighted by Crippen LogP contribution is -2.51. The van der Waals surface area contributed by atoms with Crippen molar-refractivity contribution in [3.63, 3.8) is 0 Å². The normalized spacial score (nSPS) is 13.9. The first-order valence-electron chi connectivity index (χ1n) is 9.26. The number of thiazole rings is 1. The summed E-state index contributed by atoms with van der Waals surface area (Å²) in [5.74, 6) is -0.258. The van der Waals surface area contributed by atoms with E-state index < -0.39 is 0 Å². The molecule has 1 aromatic heterocycles. The van der Waals surface area contributed by atoms with E-state index in [-0.39, 0.29) is 23.3 Å². The topological polar surface area (TPSA) is 85.8 Å². The summed E-state index contributed by atoms with van der Waals surface area (Å²) < 4.78 is 0. The monoisotopic (exact) mass is 408 g/mol. The number of piperazine rings is 1. The number of phenols is 1. The molecule has 0 saturated carbocycles. The number of hydrogen-bond acceptors (Lipinski definition) is 5. The predicted octanol–water partition coefficient (Wildman–Crippen LogP) is 3.51. The van der Waals surface area contributed by atoms with Gasteiger partial charge in [0.05, 0.1) is 10.4 Å². The number of hydrogen-bond donors (Lipinski definition) is 2. The number of aromatic hydroxyl groups is 1. The maximum Gasteiger partial charge on any atom is 0.323 e. The minimum Gasteiger partial charge on any atom is -0.507 e. The zero-order valence-electron chi connectivity index (χ0n) is 15.6. The molecule has 29 heavy (non-hydrogen) atoms. The number of para-hydroxylation sites is 1. The Morgan fingerprint density at radius 3 is 2.31 bits per heavy atom. The second-order valence-electron chi connectivity index (χ2n) is 6.62. The highest BCUT2D eigenvalue weighted by Gasteiger charge is 2.26. The van der Waals surface area contributed by atoms with E-state index in [4.69, 9.17) is 0 Å². The smallest absolute Gasteiger partial charge is 0.323 e. The summed E-state index contributed by atoms with van der Waals surface area (Å²) in [7, 11) is 0. The zero-order valence-corrected chi connectivity index (χ0v) is 16.4. The number of benzene rings is 2. The van der Waals surface area contributed by atoms with Crippen molar-refractivity contribution >= 4 is 28.4 Å². The molecule has 1 fully saturated rings. The third-order valence-corrected chi connectivity index (χ3v) is 5.73. The number of urea groups is 1. The van der Waals surface area contributed by atoms with E-state index in [0.29, 0.717) is 31.3 Å². The average molecular weight is 408 g/mol. The van der Waals surface area contributed by atoms with Crippen LogP contribution in [0.4, 0.5) is 9.93 Å². The Kier molecular flexibility index (Phi) is 5.44. The molecule has 0 bridgehead atoms. The summed E-state index contributed by atoms with van der Waals surface area (Å²) in [4.78, 5) is 33.7. The number of aromatic nitrogens is 1. The Bertz CT molecular complexity index is 1010. The fourth-order valence-electron chi connectivity index (χ4n) is 3.18. The van der Waals surface area contributed by atoms with Gasteiger partial charge in [0.25, 0.3) is 5.91 Å². The van der Waals surface area contributed by atoms with Crippen molar-refractivity contribution in [3.05, 3.63) is 66.4 Å². The first-order valence-corrected chi connectivity index (χ1v) is 10.1. The summed E-state index contributed by atoms with van der Waals surface area (Å²) in [6.07, 6.45) is 1.75. The van der Waals surface area contributed by atoms with Crippen LogP contribution in [-0.2, 0) is 0 Å². The van der Waals surface area contributed by atoms with Gasteiger partial charge in [0, 0.05) is 32.4 Å². The Morgan fingerprint density at radius 1 is 0.931 bits per heavy atom. The van der Waals surface area contributed by atoms with Gasteiger partial charge in [-0.05, 0) is 17.7 Å². The molecule has 8 heteroatoms.